The average Bonchev–Trinajstić information content (AvgIpc) is 3.90. The highest BCUT2D eigenvalue weighted by molar-refractivity contribution is 6.10. The van der Waals surface area contributed by atoms with E-state index in [0.717, 1.165) is 38.6 Å². The summed E-state index contributed by atoms with van der Waals surface area (Å²) in [4.78, 5) is 15.4. The summed E-state index contributed by atoms with van der Waals surface area (Å²) in [7, 11) is 0. The third kappa shape index (κ3) is 4.80. The first-order valence-corrected chi connectivity index (χ1v) is 20.3. The molecule has 0 saturated carbocycles. The molecule has 0 aliphatic heterocycles. The molecule has 0 atom stereocenters. The fourth-order valence-electron chi connectivity index (χ4n) is 10.1. The van der Waals surface area contributed by atoms with Crippen LogP contribution >= 0.6 is 0 Å². The smallest absolute Gasteiger partial charge is 0.164 e. The molecule has 278 valence electrons. The average molecular weight is 756 g/mol. The maximum absolute atomic E-state index is 7.15. The van der Waals surface area contributed by atoms with Crippen LogP contribution in [-0.4, -0.2) is 15.0 Å². The second kappa shape index (κ2) is 12.5. The second-order valence-electron chi connectivity index (χ2n) is 16.3. The van der Waals surface area contributed by atoms with Gasteiger partial charge < -0.3 is 4.42 Å². The minimum absolute atomic E-state index is 0.146. The Morgan fingerprint density at radius 2 is 0.881 bits per heavy atom. The molecular weight excluding hydrogens is 719 g/mol. The van der Waals surface area contributed by atoms with E-state index in [9.17, 15) is 0 Å². The van der Waals surface area contributed by atoms with Crippen molar-refractivity contribution in [2.45, 2.75) is 24.7 Å². The molecule has 59 heavy (non-hydrogen) atoms. The van der Waals surface area contributed by atoms with Gasteiger partial charge in [-0.25, -0.2) is 15.0 Å². The lowest BCUT2D eigenvalue weighted by molar-refractivity contribution is 0.650. The zero-order valence-corrected chi connectivity index (χ0v) is 32.6. The van der Waals surface area contributed by atoms with E-state index >= 15 is 0 Å². The Bertz CT molecular complexity index is 3250. The van der Waals surface area contributed by atoms with Gasteiger partial charge >= 0.3 is 0 Å². The number of fused-ring (bicyclic) bond motifs is 10. The van der Waals surface area contributed by atoms with Gasteiger partial charge in [0.1, 0.15) is 11.2 Å². The van der Waals surface area contributed by atoms with Crippen molar-refractivity contribution in [2.75, 3.05) is 0 Å². The molecule has 0 unspecified atom stereocenters. The number of benzene rings is 8. The van der Waals surface area contributed by atoms with Gasteiger partial charge in [0, 0.05) is 38.4 Å². The van der Waals surface area contributed by atoms with Gasteiger partial charge in [0.05, 0.1) is 5.41 Å². The van der Waals surface area contributed by atoms with Gasteiger partial charge in [0.15, 0.2) is 17.5 Å². The summed E-state index contributed by atoms with van der Waals surface area (Å²) in [6.07, 6.45) is 0. The fourth-order valence-corrected chi connectivity index (χ4v) is 10.1. The molecule has 0 amide bonds. The predicted molar refractivity (Wildman–Crippen MR) is 238 cm³/mol. The monoisotopic (exact) mass is 755 g/mol. The minimum atomic E-state index is -0.579. The molecule has 0 bridgehead atoms. The van der Waals surface area contributed by atoms with Crippen molar-refractivity contribution in [1.29, 1.82) is 0 Å². The molecule has 10 aromatic rings. The maximum atomic E-state index is 7.15. The van der Waals surface area contributed by atoms with Crippen LogP contribution in [0.15, 0.2) is 192 Å². The van der Waals surface area contributed by atoms with Crippen LogP contribution in [0.3, 0.4) is 0 Å². The van der Waals surface area contributed by atoms with Gasteiger partial charge in [-0.1, -0.05) is 178 Å². The van der Waals surface area contributed by atoms with E-state index in [1.54, 1.807) is 0 Å². The Balaban J connectivity index is 1.06. The summed E-state index contributed by atoms with van der Waals surface area (Å²) in [6, 6.07) is 67.0. The van der Waals surface area contributed by atoms with Crippen LogP contribution in [0.1, 0.15) is 47.2 Å². The van der Waals surface area contributed by atoms with Crippen LogP contribution in [0.4, 0.5) is 0 Å². The standard InChI is InChI=1S/C55H37N3O/c1-54(2)45-24-14-12-22-39(45)41-28-26-35(32-47(41)54)52-56-51(34-16-6-3-7-17-34)57-53(58-52)36-27-29-42-44-31-30-43-40-23-13-15-25-46(40)55(37-18-8-4-9-19-37,38-20-10-5-11-21-38)49(43)50(44)59-48(42)33-36/h3-33H,1-2H3. The molecule has 2 aromatic heterocycles. The van der Waals surface area contributed by atoms with Crippen molar-refractivity contribution in [2.24, 2.45) is 0 Å². The second-order valence-corrected chi connectivity index (χ2v) is 16.3. The Hall–Kier alpha value is -7.43. The normalized spacial score (nSPS) is 14.2. The Labute approximate surface area is 342 Å². The number of aromatic nitrogens is 3. The molecule has 0 fully saturated rings. The van der Waals surface area contributed by atoms with Crippen LogP contribution in [-0.2, 0) is 10.8 Å². The Morgan fingerprint density at radius 3 is 1.56 bits per heavy atom. The summed E-state index contributed by atoms with van der Waals surface area (Å²) >= 11 is 0. The van der Waals surface area contributed by atoms with Gasteiger partial charge in [0.25, 0.3) is 0 Å². The number of hydrogen-bond donors (Lipinski definition) is 0. The Morgan fingerprint density at radius 1 is 0.390 bits per heavy atom. The third-order valence-corrected chi connectivity index (χ3v) is 12.8. The first-order chi connectivity index (χ1) is 29.0. The summed E-state index contributed by atoms with van der Waals surface area (Å²) in [5.74, 6) is 1.86. The van der Waals surface area contributed by atoms with Gasteiger partial charge in [-0.15, -0.1) is 0 Å². The maximum Gasteiger partial charge on any atom is 0.164 e. The quantitative estimate of drug-likeness (QED) is 0.176. The van der Waals surface area contributed by atoms with Crippen molar-refractivity contribution >= 4 is 21.9 Å². The molecule has 2 aliphatic carbocycles. The van der Waals surface area contributed by atoms with E-state index in [-0.39, 0.29) is 5.41 Å². The van der Waals surface area contributed by atoms with Crippen molar-refractivity contribution < 1.29 is 4.42 Å². The lowest BCUT2D eigenvalue weighted by atomic mass is 9.67. The summed E-state index contributed by atoms with van der Waals surface area (Å²) < 4.78 is 7.15. The summed E-state index contributed by atoms with van der Waals surface area (Å²) in [6.45, 7) is 4.60. The van der Waals surface area contributed by atoms with E-state index < -0.39 is 5.41 Å². The number of nitrogens with zero attached hydrogens (tertiary/aromatic N) is 3. The minimum Gasteiger partial charge on any atom is -0.456 e. The van der Waals surface area contributed by atoms with Crippen molar-refractivity contribution in [3.8, 4) is 56.4 Å². The highest BCUT2D eigenvalue weighted by atomic mass is 16.3. The molecular formula is C55H37N3O. The van der Waals surface area contributed by atoms with Crippen LogP contribution in [0.25, 0.3) is 78.4 Å². The fraction of sp³-hybridized carbons (Fsp3) is 0.0727. The molecule has 0 saturated heterocycles. The highest BCUT2D eigenvalue weighted by Crippen LogP contribution is 2.59. The number of rotatable bonds is 5. The first-order valence-electron chi connectivity index (χ1n) is 20.3. The van der Waals surface area contributed by atoms with Gasteiger partial charge in [-0.05, 0) is 74.3 Å². The predicted octanol–water partition coefficient (Wildman–Crippen LogP) is 13.4. The zero-order valence-electron chi connectivity index (χ0n) is 32.6. The first kappa shape index (κ1) is 33.7. The molecule has 8 aromatic carbocycles. The van der Waals surface area contributed by atoms with Crippen LogP contribution < -0.4 is 0 Å². The lowest BCUT2D eigenvalue weighted by Crippen LogP contribution is -2.28. The van der Waals surface area contributed by atoms with Crippen LogP contribution in [0, 0.1) is 0 Å². The molecule has 4 nitrogen and oxygen atoms in total. The third-order valence-electron chi connectivity index (χ3n) is 12.8. The summed E-state index contributed by atoms with van der Waals surface area (Å²) in [5.41, 5.74) is 16.1. The summed E-state index contributed by atoms with van der Waals surface area (Å²) in [5, 5.41) is 2.13. The topological polar surface area (TPSA) is 51.8 Å². The lowest BCUT2D eigenvalue weighted by Gasteiger charge is -2.33. The van der Waals surface area contributed by atoms with Crippen molar-refractivity contribution in [3.05, 3.63) is 221 Å². The molecule has 0 N–H and O–H groups in total. The number of furan rings is 1. The van der Waals surface area contributed by atoms with Crippen LogP contribution in [0.2, 0.25) is 0 Å². The Kier molecular flexibility index (Phi) is 7.16. The van der Waals surface area contributed by atoms with E-state index in [0.29, 0.717) is 17.5 Å². The van der Waals surface area contributed by atoms with Crippen LogP contribution in [0.5, 0.6) is 0 Å². The van der Waals surface area contributed by atoms with E-state index in [1.165, 1.54) is 55.6 Å². The van der Waals surface area contributed by atoms with E-state index in [4.69, 9.17) is 19.4 Å². The number of hydrogen-bond acceptors (Lipinski definition) is 4. The van der Waals surface area contributed by atoms with Gasteiger partial charge in [-0.2, -0.15) is 0 Å². The van der Waals surface area contributed by atoms with Crippen molar-refractivity contribution in [3.63, 3.8) is 0 Å². The highest BCUT2D eigenvalue weighted by Gasteiger charge is 2.48. The molecule has 0 spiro atoms. The zero-order chi connectivity index (χ0) is 39.3. The molecule has 2 aliphatic rings. The van der Waals surface area contributed by atoms with Gasteiger partial charge in [0.2, 0.25) is 0 Å². The largest absolute Gasteiger partial charge is 0.456 e. The molecule has 12 rings (SSSR count). The van der Waals surface area contributed by atoms with Crippen molar-refractivity contribution in [1.82, 2.24) is 15.0 Å². The molecule has 0 radical (unpaired) electrons. The van der Waals surface area contributed by atoms with E-state index in [1.807, 2.05) is 18.2 Å². The SMILES string of the molecule is CC1(C)c2ccccc2-c2ccc(-c3nc(-c4ccccc4)nc(-c4ccc5c(c4)oc4c6c(ccc45)-c4ccccc4C6(c4ccccc4)c4ccccc4)n3)cc21. The molecule has 2 heterocycles. The van der Waals surface area contributed by atoms with E-state index in [2.05, 4.69) is 184 Å². The molecule has 4 heteroatoms. The van der Waals surface area contributed by atoms with Gasteiger partial charge in [-0.3, -0.25) is 0 Å².